The molecule has 2 aromatic rings. The van der Waals surface area contributed by atoms with Gasteiger partial charge in [-0.15, -0.1) is 0 Å². The molecular formula is C16H16OS. The van der Waals surface area contributed by atoms with Gasteiger partial charge >= 0.3 is 0 Å². The number of phenols is 1. The molecule has 0 saturated carbocycles. The molecule has 2 aromatic carbocycles. The Morgan fingerprint density at radius 3 is 2.00 bits per heavy atom. The molecule has 0 aromatic heterocycles. The van der Waals surface area contributed by atoms with Gasteiger partial charge in [0.25, 0.3) is 0 Å². The highest BCUT2D eigenvalue weighted by molar-refractivity contribution is 7.80. The number of benzene rings is 2. The molecule has 0 aliphatic carbocycles. The van der Waals surface area contributed by atoms with Crippen LogP contribution in [0, 0.1) is 0 Å². The van der Waals surface area contributed by atoms with Crippen LogP contribution in [0.15, 0.2) is 54.6 Å². The molecule has 0 saturated heterocycles. The molecule has 2 heteroatoms. The summed E-state index contributed by atoms with van der Waals surface area (Å²) in [6.45, 7) is 0. The summed E-state index contributed by atoms with van der Waals surface area (Å²) < 4.78 is 0. The Bertz CT molecular complexity index is 512. The molecule has 92 valence electrons. The van der Waals surface area contributed by atoms with Gasteiger partial charge in [-0.1, -0.05) is 48.6 Å². The minimum atomic E-state index is 0.296. The number of hydrogen-bond acceptors (Lipinski definition) is 2. The molecule has 0 amide bonds. The fourth-order valence-electron chi connectivity index (χ4n) is 1.73. The van der Waals surface area contributed by atoms with Crippen molar-refractivity contribution in [1.29, 1.82) is 0 Å². The van der Waals surface area contributed by atoms with Crippen molar-refractivity contribution in [2.24, 2.45) is 0 Å². The summed E-state index contributed by atoms with van der Waals surface area (Å²) in [5.74, 6) is 1.17. The molecular weight excluding hydrogens is 240 g/mol. The highest BCUT2D eigenvalue weighted by Gasteiger charge is 1.97. The topological polar surface area (TPSA) is 20.2 Å². The van der Waals surface area contributed by atoms with E-state index < -0.39 is 0 Å². The summed E-state index contributed by atoms with van der Waals surface area (Å²) in [7, 11) is 0. The maximum absolute atomic E-state index is 9.25. The lowest BCUT2D eigenvalue weighted by Gasteiger charge is -2.02. The molecule has 0 radical (unpaired) electrons. The number of allylic oxidation sites excluding steroid dienone is 1. The van der Waals surface area contributed by atoms with Crippen LogP contribution in [0.2, 0.25) is 0 Å². The second kappa shape index (κ2) is 6.31. The van der Waals surface area contributed by atoms with Crippen molar-refractivity contribution < 1.29 is 5.11 Å². The first-order valence-electron chi connectivity index (χ1n) is 5.96. The summed E-state index contributed by atoms with van der Waals surface area (Å²) in [6.07, 6.45) is 5.22. The summed E-state index contributed by atoms with van der Waals surface area (Å²) >= 11 is 4.17. The monoisotopic (exact) mass is 256 g/mol. The number of hydrogen-bond donors (Lipinski definition) is 2. The standard InChI is InChI=1S/C16H16OS/c17-16-10-8-15(9-11-16)14-6-4-13(5-7-14)3-1-2-12-18/h1,3-11,17-18H,2,12H2/b3-1+. The van der Waals surface area contributed by atoms with Crippen molar-refractivity contribution in [3.05, 3.63) is 60.2 Å². The highest BCUT2D eigenvalue weighted by atomic mass is 32.1. The van der Waals surface area contributed by atoms with E-state index in [0.29, 0.717) is 5.75 Å². The van der Waals surface area contributed by atoms with Crippen LogP contribution in [0.3, 0.4) is 0 Å². The van der Waals surface area contributed by atoms with Crippen LogP contribution >= 0.6 is 12.6 Å². The lowest BCUT2D eigenvalue weighted by molar-refractivity contribution is 0.475. The summed E-state index contributed by atoms with van der Waals surface area (Å²) in [5.41, 5.74) is 3.46. The Kier molecular flexibility index (Phi) is 4.48. The molecule has 1 nitrogen and oxygen atoms in total. The molecule has 0 aliphatic rings. The number of aromatic hydroxyl groups is 1. The molecule has 0 unspecified atom stereocenters. The van der Waals surface area contributed by atoms with E-state index in [0.717, 1.165) is 23.3 Å². The first-order valence-corrected chi connectivity index (χ1v) is 6.60. The molecule has 0 spiro atoms. The predicted octanol–water partition coefficient (Wildman–Crippen LogP) is 4.39. The first kappa shape index (κ1) is 12.8. The Morgan fingerprint density at radius 2 is 1.44 bits per heavy atom. The first-order chi connectivity index (χ1) is 8.79. The summed E-state index contributed by atoms with van der Waals surface area (Å²) in [6, 6.07) is 15.6. The zero-order chi connectivity index (χ0) is 12.8. The average Bonchev–Trinajstić information content (AvgIpc) is 2.41. The highest BCUT2D eigenvalue weighted by Crippen LogP contribution is 2.22. The van der Waals surface area contributed by atoms with E-state index in [1.54, 1.807) is 12.1 Å². The van der Waals surface area contributed by atoms with Gasteiger partial charge in [0.05, 0.1) is 0 Å². The fourth-order valence-corrected chi connectivity index (χ4v) is 1.88. The summed E-state index contributed by atoms with van der Waals surface area (Å²) in [4.78, 5) is 0. The van der Waals surface area contributed by atoms with E-state index in [-0.39, 0.29) is 0 Å². The van der Waals surface area contributed by atoms with E-state index in [1.807, 2.05) is 12.1 Å². The van der Waals surface area contributed by atoms with Gasteiger partial charge in [0.15, 0.2) is 0 Å². The van der Waals surface area contributed by atoms with Crippen LogP contribution in [-0.4, -0.2) is 10.9 Å². The van der Waals surface area contributed by atoms with Crippen molar-refractivity contribution in [3.63, 3.8) is 0 Å². The van der Waals surface area contributed by atoms with Gasteiger partial charge in [-0.3, -0.25) is 0 Å². The Labute approximate surface area is 113 Å². The normalized spacial score (nSPS) is 10.9. The van der Waals surface area contributed by atoms with Crippen LogP contribution in [-0.2, 0) is 0 Å². The third-order valence-corrected chi connectivity index (χ3v) is 2.98. The Hall–Kier alpha value is -1.67. The second-order valence-corrected chi connectivity index (χ2v) is 4.53. The maximum Gasteiger partial charge on any atom is 0.115 e. The Morgan fingerprint density at radius 1 is 0.889 bits per heavy atom. The maximum atomic E-state index is 9.25. The van der Waals surface area contributed by atoms with Gasteiger partial charge in [-0.05, 0) is 41.0 Å². The predicted molar refractivity (Wildman–Crippen MR) is 81.0 cm³/mol. The number of thiol groups is 1. The van der Waals surface area contributed by atoms with E-state index in [9.17, 15) is 5.11 Å². The van der Waals surface area contributed by atoms with Crippen molar-refractivity contribution in [2.45, 2.75) is 6.42 Å². The van der Waals surface area contributed by atoms with E-state index in [1.165, 1.54) is 5.56 Å². The van der Waals surface area contributed by atoms with Crippen molar-refractivity contribution in [2.75, 3.05) is 5.75 Å². The smallest absolute Gasteiger partial charge is 0.115 e. The largest absolute Gasteiger partial charge is 0.508 e. The van der Waals surface area contributed by atoms with Crippen LogP contribution < -0.4 is 0 Å². The minimum Gasteiger partial charge on any atom is -0.508 e. The summed E-state index contributed by atoms with van der Waals surface area (Å²) in [5, 5.41) is 9.25. The molecule has 18 heavy (non-hydrogen) atoms. The third-order valence-electron chi connectivity index (χ3n) is 2.72. The van der Waals surface area contributed by atoms with Gasteiger partial charge < -0.3 is 5.11 Å². The number of phenolic OH excluding ortho intramolecular Hbond substituents is 1. The van der Waals surface area contributed by atoms with Crippen molar-refractivity contribution in [3.8, 4) is 16.9 Å². The minimum absolute atomic E-state index is 0.296. The van der Waals surface area contributed by atoms with Crippen molar-refractivity contribution in [1.82, 2.24) is 0 Å². The molecule has 0 fully saturated rings. The van der Waals surface area contributed by atoms with Gasteiger partial charge in [-0.2, -0.15) is 12.6 Å². The van der Waals surface area contributed by atoms with Gasteiger partial charge in [0.1, 0.15) is 5.75 Å². The third kappa shape index (κ3) is 3.41. The van der Waals surface area contributed by atoms with Crippen molar-refractivity contribution >= 4 is 18.7 Å². The lowest BCUT2D eigenvalue weighted by Crippen LogP contribution is -1.78. The van der Waals surface area contributed by atoms with Crippen LogP contribution in [0.5, 0.6) is 5.75 Å². The fraction of sp³-hybridized carbons (Fsp3) is 0.125. The quantitative estimate of drug-likeness (QED) is 0.777. The van der Waals surface area contributed by atoms with Crippen LogP contribution in [0.4, 0.5) is 0 Å². The Balaban J connectivity index is 2.14. The van der Waals surface area contributed by atoms with Gasteiger partial charge in [0.2, 0.25) is 0 Å². The lowest BCUT2D eigenvalue weighted by atomic mass is 10.0. The molecule has 0 heterocycles. The zero-order valence-corrected chi connectivity index (χ0v) is 11.0. The molecule has 0 aliphatic heterocycles. The van der Waals surface area contributed by atoms with Gasteiger partial charge in [0, 0.05) is 0 Å². The second-order valence-electron chi connectivity index (χ2n) is 4.08. The van der Waals surface area contributed by atoms with Gasteiger partial charge in [-0.25, -0.2) is 0 Å². The van der Waals surface area contributed by atoms with E-state index in [2.05, 4.69) is 49.0 Å². The molecule has 0 atom stereocenters. The van der Waals surface area contributed by atoms with Crippen LogP contribution in [0.1, 0.15) is 12.0 Å². The van der Waals surface area contributed by atoms with E-state index >= 15 is 0 Å². The average molecular weight is 256 g/mol. The molecule has 1 N–H and O–H groups in total. The zero-order valence-electron chi connectivity index (χ0n) is 10.1. The van der Waals surface area contributed by atoms with Crippen LogP contribution in [0.25, 0.3) is 17.2 Å². The number of rotatable bonds is 4. The van der Waals surface area contributed by atoms with E-state index in [4.69, 9.17) is 0 Å². The SMILES string of the molecule is Oc1ccc(-c2ccc(/C=C/CCS)cc2)cc1. The molecule has 2 rings (SSSR count). The molecule has 0 bridgehead atoms.